The summed E-state index contributed by atoms with van der Waals surface area (Å²) in [6.45, 7) is 4.15. The molecule has 1 fully saturated rings. The third-order valence-corrected chi connectivity index (χ3v) is 3.32. The molecule has 0 saturated carbocycles. The summed E-state index contributed by atoms with van der Waals surface area (Å²) in [6, 6.07) is 2.44. The molecule has 1 unspecified atom stereocenters. The summed E-state index contributed by atoms with van der Waals surface area (Å²) in [5, 5.41) is 0. The van der Waals surface area contributed by atoms with E-state index in [0.29, 0.717) is 37.9 Å². The molecule has 1 aliphatic rings. The number of hydrogen-bond acceptors (Lipinski definition) is 2. The van der Waals surface area contributed by atoms with Crippen LogP contribution in [0.15, 0.2) is 18.2 Å². The lowest BCUT2D eigenvalue weighted by atomic mass is 10.0. The Morgan fingerprint density at radius 1 is 1.16 bits per heavy atom. The summed E-state index contributed by atoms with van der Waals surface area (Å²) in [5.74, 6) is -0.857. The maximum atomic E-state index is 13.3. The van der Waals surface area contributed by atoms with Crippen LogP contribution in [-0.4, -0.2) is 31.2 Å². The highest BCUT2D eigenvalue weighted by Gasteiger charge is 2.32. The zero-order chi connectivity index (χ0) is 14.0. The van der Waals surface area contributed by atoms with E-state index in [0.717, 1.165) is 12.1 Å². The second kappa shape index (κ2) is 5.46. The molecule has 19 heavy (non-hydrogen) atoms. The van der Waals surface area contributed by atoms with Crippen molar-refractivity contribution in [3.8, 4) is 0 Å². The fourth-order valence-electron chi connectivity index (χ4n) is 2.19. The maximum absolute atomic E-state index is 13.3. The van der Waals surface area contributed by atoms with Gasteiger partial charge in [-0.05, 0) is 30.7 Å². The van der Waals surface area contributed by atoms with Gasteiger partial charge in [0, 0.05) is 19.1 Å². The van der Waals surface area contributed by atoms with Crippen molar-refractivity contribution in [3.63, 3.8) is 0 Å². The van der Waals surface area contributed by atoms with Crippen LogP contribution < -0.4 is 0 Å². The highest BCUT2D eigenvalue weighted by Crippen LogP contribution is 2.32. The van der Waals surface area contributed by atoms with E-state index in [-0.39, 0.29) is 6.04 Å². The Hall–Kier alpha value is -1.14. The van der Waals surface area contributed by atoms with Crippen LogP contribution in [0, 0.1) is 5.82 Å². The molecule has 2 nitrogen and oxygen atoms in total. The highest BCUT2D eigenvalue weighted by atomic mass is 19.4. The molecule has 0 aliphatic carbocycles. The van der Waals surface area contributed by atoms with Gasteiger partial charge in [-0.3, -0.25) is 4.90 Å². The average Bonchev–Trinajstić information content (AvgIpc) is 2.37. The van der Waals surface area contributed by atoms with E-state index in [1.54, 1.807) is 6.92 Å². The maximum Gasteiger partial charge on any atom is 0.416 e. The summed E-state index contributed by atoms with van der Waals surface area (Å²) in [7, 11) is 0. The molecule has 0 amide bonds. The highest BCUT2D eigenvalue weighted by molar-refractivity contribution is 5.29. The third kappa shape index (κ3) is 3.45. The zero-order valence-corrected chi connectivity index (χ0v) is 10.5. The quantitative estimate of drug-likeness (QED) is 0.769. The van der Waals surface area contributed by atoms with Crippen LogP contribution >= 0.6 is 0 Å². The molecule has 0 N–H and O–H groups in total. The van der Waals surface area contributed by atoms with Gasteiger partial charge in [-0.25, -0.2) is 4.39 Å². The lowest BCUT2D eigenvalue weighted by molar-refractivity contribution is -0.137. The van der Waals surface area contributed by atoms with E-state index in [9.17, 15) is 17.6 Å². The number of rotatable bonds is 2. The van der Waals surface area contributed by atoms with E-state index < -0.39 is 17.6 Å². The van der Waals surface area contributed by atoms with Crippen molar-refractivity contribution in [1.82, 2.24) is 4.90 Å². The van der Waals surface area contributed by atoms with Gasteiger partial charge in [0.25, 0.3) is 0 Å². The van der Waals surface area contributed by atoms with Gasteiger partial charge in [0.05, 0.1) is 18.8 Å². The minimum absolute atomic E-state index is 0.263. The SMILES string of the molecule is CC(c1cc(F)cc(C(F)(F)F)c1)N1CCOCC1. The molecular formula is C13H15F4NO. The first-order valence-corrected chi connectivity index (χ1v) is 6.07. The first kappa shape index (κ1) is 14.3. The van der Waals surface area contributed by atoms with Crippen LogP contribution in [0.1, 0.15) is 24.1 Å². The van der Waals surface area contributed by atoms with E-state index >= 15 is 0 Å². The number of ether oxygens (including phenoxy) is 1. The fraction of sp³-hybridized carbons (Fsp3) is 0.538. The largest absolute Gasteiger partial charge is 0.416 e. The van der Waals surface area contributed by atoms with Crippen molar-refractivity contribution in [2.75, 3.05) is 26.3 Å². The number of alkyl halides is 3. The Morgan fingerprint density at radius 2 is 1.79 bits per heavy atom. The Morgan fingerprint density at radius 3 is 2.37 bits per heavy atom. The van der Waals surface area contributed by atoms with Gasteiger partial charge in [-0.15, -0.1) is 0 Å². The summed E-state index contributed by atoms with van der Waals surface area (Å²) in [4.78, 5) is 1.98. The Kier molecular flexibility index (Phi) is 4.10. The minimum atomic E-state index is -4.53. The molecule has 0 spiro atoms. The van der Waals surface area contributed by atoms with Gasteiger partial charge in [0.1, 0.15) is 5.82 Å². The number of benzene rings is 1. The van der Waals surface area contributed by atoms with Crippen LogP contribution in [0.2, 0.25) is 0 Å². The van der Waals surface area contributed by atoms with Crippen molar-refractivity contribution in [3.05, 3.63) is 35.1 Å². The lowest BCUT2D eigenvalue weighted by Gasteiger charge is -2.32. The minimum Gasteiger partial charge on any atom is -0.379 e. The van der Waals surface area contributed by atoms with Gasteiger partial charge >= 0.3 is 6.18 Å². The summed E-state index contributed by atoms with van der Waals surface area (Å²) in [5.41, 5.74) is -0.600. The van der Waals surface area contributed by atoms with Crippen molar-refractivity contribution in [2.24, 2.45) is 0 Å². The van der Waals surface area contributed by atoms with Crippen molar-refractivity contribution >= 4 is 0 Å². The smallest absolute Gasteiger partial charge is 0.379 e. The number of morpholine rings is 1. The van der Waals surface area contributed by atoms with Gasteiger partial charge in [-0.1, -0.05) is 0 Å². The second-order valence-electron chi connectivity index (χ2n) is 4.60. The van der Waals surface area contributed by atoms with Crippen LogP contribution in [-0.2, 0) is 10.9 Å². The standard InChI is InChI=1S/C13H15F4NO/c1-9(18-2-4-19-5-3-18)10-6-11(13(15,16)17)8-12(14)7-10/h6-9H,2-5H2,1H3. The second-order valence-corrected chi connectivity index (χ2v) is 4.60. The molecule has 1 atom stereocenters. The molecule has 1 heterocycles. The monoisotopic (exact) mass is 277 g/mol. The molecule has 0 bridgehead atoms. The van der Waals surface area contributed by atoms with Crippen molar-refractivity contribution < 1.29 is 22.3 Å². The third-order valence-electron chi connectivity index (χ3n) is 3.32. The van der Waals surface area contributed by atoms with Gasteiger partial charge in [0.2, 0.25) is 0 Å². The van der Waals surface area contributed by atoms with E-state index in [1.807, 2.05) is 4.90 Å². The fourth-order valence-corrected chi connectivity index (χ4v) is 2.19. The van der Waals surface area contributed by atoms with Gasteiger partial charge in [-0.2, -0.15) is 13.2 Å². The van der Waals surface area contributed by atoms with Crippen LogP contribution in [0.5, 0.6) is 0 Å². The average molecular weight is 277 g/mol. The molecule has 1 saturated heterocycles. The molecule has 0 radical (unpaired) electrons. The van der Waals surface area contributed by atoms with Crippen molar-refractivity contribution in [1.29, 1.82) is 0 Å². The zero-order valence-electron chi connectivity index (χ0n) is 10.5. The molecule has 106 valence electrons. The predicted molar refractivity (Wildman–Crippen MR) is 62.2 cm³/mol. The van der Waals surface area contributed by atoms with Gasteiger partial charge < -0.3 is 4.74 Å². The Labute approximate surface area is 109 Å². The van der Waals surface area contributed by atoms with E-state index in [2.05, 4.69) is 0 Å². The molecule has 0 aromatic heterocycles. The number of nitrogens with zero attached hydrogens (tertiary/aromatic N) is 1. The normalized spacial score (nSPS) is 19.4. The van der Waals surface area contributed by atoms with E-state index in [4.69, 9.17) is 4.74 Å². The molecule has 2 rings (SSSR count). The number of hydrogen-bond donors (Lipinski definition) is 0. The van der Waals surface area contributed by atoms with E-state index in [1.165, 1.54) is 0 Å². The van der Waals surface area contributed by atoms with Crippen LogP contribution in [0.4, 0.5) is 17.6 Å². The molecule has 1 aromatic rings. The van der Waals surface area contributed by atoms with Crippen molar-refractivity contribution in [2.45, 2.75) is 19.1 Å². The van der Waals surface area contributed by atoms with Gasteiger partial charge in [0.15, 0.2) is 0 Å². The summed E-state index contributed by atoms with van der Waals surface area (Å²) >= 11 is 0. The first-order chi connectivity index (χ1) is 8.88. The van der Waals surface area contributed by atoms with Crippen LogP contribution in [0.3, 0.4) is 0 Å². The molecule has 1 aromatic carbocycles. The first-order valence-electron chi connectivity index (χ1n) is 6.07. The molecular weight excluding hydrogens is 262 g/mol. The lowest BCUT2D eigenvalue weighted by Crippen LogP contribution is -2.38. The molecule has 6 heteroatoms. The summed E-state index contributed by atoms with van der Waals surface area (Å²) in [6.07, 6.45) is -4.53. The predicted octanol–water partition coefficient (Wildman–Crippen LogP) is 3.24. The topological polar surface area (TPSA) is 12.5 Å². The van der Waals surface area contributed by atoms with Crippen LogP contribution in [0.25, 0.3) is 0 Å². The molecule has 1 aliphatic heterocycles. The summed E-state index contributed by atoms with van der Waals surface area (Å²) < 4.78 is 56.5. The Bertz CT molecular complexity index is 441. The number of halogens is 4. The Balaban J connectivity index is 2.26.